The third-order valence-corrected chi connectivity index (χ3v) is 3.17. The molecule has 11 heteroatoms. The number of nitrogens with two attached hydrogens (primary N) is 1. The van der Waals surface area contributed by atoms with Crippen molar-refractivity contribution in [3.8, 4) is 0 Å². The number of ether oxygens (including phenoxy) is 1. The van der Waals surface area contributed by atoms with Crippen molar-refractivity contribution in [1.82, 2.24) is 0 Å². The average Bonchev–Trinajstić information content (AvgIpc) is 2.38. The summed E-state index contributed by atoms with van der Waals surface area (Å²) in [4.78, 5) is 11.8. The molecule has 4 N–H and O–H groups in total. The molecule has 1 unspecified atom stereocenters. The Hall–Kier alpha value is -1.85. The second-order valence-corrected chi connectivity index (χ2v) is 6.43. The summed E-state index contributed by atoms with van der Waals surface area (Å²) < 4.78 is 67.5. The molecule has 1 rings (SSSR count). The number of alkyl halides is 3. The summed E-state index contributed by atoms with van der Waals surface area (Å²) in [6.07, 6.45) is -3.83. The molecule has 0 aromatic heterocycles. The molecule has 0 radical (unpaired) electrons. The van der Waals surface area contributed by atoms with Crippen LogP contribution in [0.1, 0.15) is 5.56 Å². The lowest BCUT2D eigenvalue weighted by molar-refractivity contribution is -0.137. The lowest BCUT2D eigenvalue weighted by Gasteiger charge is -2.17. The van der Waals surface area contributed by atoms with Gasteiger partial charge in [0.1, 0.15) is 6.04 Å². The molecule has 130 valence electrons. The van der Waals surface area contributed by atoms with Gasteiger partial charge in [0, 0.05) is 7.11 Å². The summed E-state index contributed by atoms with van der Waals surface area (Å²) in [6.45, 7) is -0.153. The maximum atomic E-state index is 12.8. The van der Waals surface area contributed by atoms with E-state index in [9.17, 15) is 26.4 Å². The minimum absolute atomic E-state index is 0.153. The first-order valence-electron chi connectivity index (χ1n) is 6.18. The van der Waals surface area contributed by atoms with Gasteiger partial charge >= 0.3 is 6.18 Å². The predicted octanol–water partition coefficient (Wildman–Crippen LogP) is 0.989. The lowest BCUT2D eigenvalue weighted by atomic mass is 10.1. The Morgan fingerprint density at radius 1 is 1.35 bits per heavy atom. The molecule has 1 atom stereocenters. The zero-order valence-corrected chi connectivity index (χ0v) is 13.1. The summed E-state index contributed by atoms with van der Waals surface area (Å²) in [5.74, 6) is -0.817. The average molecular weight is 355 g/mol. The van der Waals surface area contributed by atoms with Gasteiger partial charge in [-0.3, -0.25) is 9.52 Å². The van der Waals surface area contributed by atoms with Crippen LogP contribution in [0.2, 0.25) is 0 Å². The number of anilines is 2. The van der Waals surface area contributed by atoms with Gasteiger partial charge in [-0.05, 0) is 18.2 Å². The summed E-state index contributed by atoms with van der Waals surface area (Å²) in [5.41, 5.74) is 3.86. The summed E-state index contributed by atoms with van der Waals surface area (Å²) >= 11 is 0. The quantitative estimate of drug-likeness (QED) is 0.705. The molecule has 0 fully saturated rings. The van der Waals surface area contributed by atoms with Crippen molar-refractivity contribution in [3.05, 3.63) is 23.8 Å². The largest absolute Gasteiger partial charge is 0.416 e. The molecule has 0 aliphatic carbocycles. The van der Waals surface area contributed by atoms with E-state index in [4.69, 9.17) is 5.73 Å². The molecule has 1 amide bonds. The summed E-state index contributed by atoms with van der Waals surface area (Å²) in [5, 5.41) is 2.16. The normalized spacial score (nSPS) is 13.5. The van der Waals surface area contributed by atoms with Crippen LogP contribution in [0.15, 0.2) is 18.2 Å². The number of carbonyl (C=O) groups is 1. The van der Waals surface area contributed by atoms with Crippen molar-refractivity contribution in [2.75, 3.05) is 30.0 Å². The second-order valence-electron chi connectivity index (χ2n) is 4.68. The molecule has 0 saturated carbocycles. The minimum atomic E-state index is -4.66. The smallest absolute Gasteiger partial charge is 0.383 e. The van der Waals surface area contributed by atoms with Gasteiger partial charge < -0.3 is 15.8 Å². The van der Waals surface area contributed by atoms with Crippen LogP contribution in [0.25, 0.3) is 0 Å². The standard InChI is InChI=1S/C12H16F3N3O4S/c1-22-6-8(16)11(19)17-10-5-7(12(13,14)15)3-4-9(10)18-23(2,20)21/h3-5,8,18H,6,16H2,1-2H3,(H,17,19). The highest BCUT2D eigenvalue weighted by Crippen LogP contribution is 2.34. The van der Waals surface area contributed by atoms with Crippen LogP contribution in [-0.2, 0) is 25.7 Å². The van der Waals surface area contributed by atoms with Crippen LogP contribution in [0.3, 0.4) is 0 Å². The number of hydrogen-bond acceptors (Lipinski definition) is 5. The van der Waals surface area contributed by atoms with Crippen molar-refractivity contribution in [2.24, 2.45) is 5.73 Å². The highest BCUT2D eigenvalue weighted by atomic mass is 32.2. The molecule has 1 aromatic carbocycles. The fourth-order valence-electron chi connectivity index (χ4n) is 1.59. The van der Waals surface area contributed by atoms with Gasteiger partial charge in [-0.25, -0.2) is 8.42 Å². The van der Waals surface area contributed by atoms with Crippen LogP contribution < -0.4 is 15.8 Å². The van der Waals surface area contributed by atoms with E-state index in [0.29, 0.717) is 12.1 Å². The number of nitrogens with one attached hydrogen (secondary N) is 2. The molecular weight excluding hydrogens is 339 g/mol. The molecule has 0 heterocycles. The summed E-state index contributed by atoms with van der Waals surface area (Å²) in [6, 6.07) is 1.09. The fraction of sp³-hybridized carbons (Fsp3) is 0.417. The van der Waals surface area contributed by atoms with Crippen molar-refractivity contribution < 1.29 is 31.1 Å². The van der Waals surface area contributed by atoms with Crippen LogP contribution in [0.5, 0.6) is 0 Å². The Morgan fingerprint density at radius 3 is 2.43 bits per heavy atom. The molecule has 0 saturated heterocycles. The monoisotopic (exact) mass is 355 g/mol. The maximum Gasteiger partial charge on any atom is 0.416 e. The number of amides is 1. The Kier molecular flexibility index (Phi) is 5.97. The minimum Gasteiger partial charge on any atom is -0.383 e. The molecule has 1 aromatic rings. The van der Waals surface area contributed by atoms with E-state index in [1.165, 1.54) is 7.11 Å². The Labute approximate surface area is 131 Å². The molecule has 0 spiro atoms. The van der Waals surface area contributed by atoms with Crippen LogP contribution in [0.4, 0.5) is 24.5 Å². The molecule has 23 heavy (non-hydrogen) atoms. The number of halogens is 3. The van der Waals surface area contributed by atoms with E-state index in [0.717, 1.165) is 12.3 Å². The highest BCUT2D eigenvalue weighted by molar-refractivity contribution is 7.92. The van der Waals surface area contributed by atoms with E-state index in [1.54, 1.807) is 0 Å². The molecule has 0 aliphatic rings. The van der Waals surface area contributed by atoms with Gasteiger partial charge in [-0.1, -0.05) is 0 Å². The van der Waals surface area contributed by atoms with Crippen molar-refractivity contribution >= 4 is 27.3 Å². The van der Waals surface area contributed by atoms with Gasteiger partial charge in [0.25, 0.3) is 0 Å². The number of rotatable bonds is 6. The first-order valence-corrected chi connectivity index (χ1v) is 8.07. The van der Waals surface area contributed by atoms with Gasteiger partial charge in [-0.2, -0.15) is 13.2 Å². The lowest BCUT2D eigenvalue weighted by Crippen LogP contribution is -2.39. The highest BCUT2D eigenvalue weighted by Gasteiger charge is 2.31. The zero-order chi connectivity index (χ0) is 17.8. The zero-order valence-electron chi connectivity index (χ0n) is 12.3. The van der Waals surface area contributed by atoms with Crippen LogP contribution in [0, 0.1) is 0 Å². The van der Waals surface area contributed by atoms with E-state index < -0.39 is 33.7 Å². The number of carbonyl (C=O) groups excluding carboxylic acids is 1. The SMILES string of the molecule is COCC(N)C(=O)Nc1cc(C(F)(F)F)ccc1NS(C)(=O)=O. The Morgan fingerprint density at radius 2 is 1.96 bits per heavy atom. The Bertz CT molecular complexity index is 677. The van der Waals surface area contributed by atoms with E-state index in [-0.39, 0.29) is 18.0 Å². The van der Waals surface area contributed by atoms with Crippen LogP contribution >= 0.6 is 0 Å². The van der Waals surface area contributed by atoms with Crippen molar-refractivity contribution in [2.45, 2.75) is 12.2 Å². The van der Waals surface area contributed by atoms with Gasteiger partial charge in [0.2, 0.25) is 15.9 Å². The van der Waals surface area contributed by atoms with Gasteiger partial charge in [-0.15, -0.1) is 0 Å². The number of methoxy groups -OCH3 is 1. The number of benzene rings is 1. The van der Waals surface area contributed by atoms with E-state index >= 15 is 0 Å². The molecule has 7 nitrogen and oxygen atoms in total. The topological polar surface area (TPSA) is 111 Å². The van der Waals surface area contributed by atoms with Gasteiger partial charge in [0.05, 0.1) is 29.8 Å². The third-order valence-electron chi connectivity index (χ3n) is 2.58. The fourth-order valence-corrected chi connectivity index (χ4v) is 2.17. The summed E-state index contributed by atoms with van der Waals surface area (Å²) in [7, 11) is -2.45. The Balaban J connectivity index is 3.20. The molecular formula is C12H16F3N3O4S. The number of hydrogen-bond donors (Lipinski definition) is 3. The van der Waals surface area contributed by atoms with Gasteiger partial charge in [0.15, 0.2) is 0 Å². The number of sulfonamides is 1. The second kappa shape index (κ2) is 7.15. The van der Waals surface area contributed by atoms with E-state index in [2.05, 4.69) is 10.1 Å². The van der Waals surface area contributed by atoms with Crippen molar-refractivity contribution in [1.29, 1.82) is 0 Å². The first kappa shape index (κ1) is 19.2. The van der Waals surface area contributed by atoms with Crippen LogP contribution in [-0.4, -0.2) is 40.3 Å². The first-order chi connectivity index (χ1) is 10.4. The third kappa shape index (κ3) is 6.04. The molecule has 0 bridgehead atoms. The molecule has 0 aliphatic heterocycles. The maximum absolute atomic E-state index is 12.8. The predicted molar refractivity (Wildman–Crippen MR) is 78.4 cm³/mol. The van der Waals surface area contributed by atoms with Crippen molar-refractivity contribution in [3.63, 3.8) is 0 Å². The van der Waals surface area contributed by atoms with E-state index in [1.807, 2.05) is 4.72 Å².